The second kappa shape index (κ2) is 10.6. The predicted octanol–water partition coefficient (Wildman–Crippen LogP) is 4.33. The number of aromatic nitrogens is 5. The van der Waals surface area contributed by atoms with Gasteiger partial charge in [0, 0.05) is 34.3 Å². The molecule has 1 atom stereocenters. The molecule has 38 heavy (non-hydrogen) atoms. The van der Waals surface area contributed by atoms with E-state index >= 15 is 0 Å². The molecule has 0 aliphatic heterocycles. The molecule has 5 aromatic rings. The number of hydrogen-bond acceptors (Lipinski definition) is 8. The fraction of sp³-hybridized carbons (Fsp3) is 0.222. The third-order valence-electron chi connectivity index (χ3n) is 6.15. The minimum Gasteiger partial charge on any atom is -0.487 e. The molecule has 0 radical (unpaired) electrons. The number of ether oxygens (including phenoxy) is 1. The van der Waals surface area contributed by atoms with Gasteiger partial charge < -0.3 is 19.6 Å². The molecule has 0 saturated carbocycles. The molecule has 0 aliphatic rings. The van der Waals surface area contributed by atoms with Crippen LogP contribution in [0.2, 0.25) is 5.02 Å². The summed E-state index contributed by atoms with van der Waals surface area (Å²) in [5.74, 6) is 0.810. The van der Waals surface area contributed by atoms with Crippen molar-refractivity contribution in [2.45, 2.75) is 26.5 Å². The lowest BCUT2D eigenvalue weighted by Gasteiger charge is -2.22. The van der Waals surface area contributed by atoms with E-state index in [9.17, 15) is 9.90 Å². The molecule has 0 aliphatic carbocycles. The lowest BCUT2D eigenvalue weighted by molar-refractivity contribution is 0.0887. The van der Waals surface area contributed by atoms with Crippen LogP contribution in [0.5, 0.6) is 5.75 Å². The van der Waals surface area contributed by atoms with E-state index in [-0.39, 0.29) is 19.0 Å². The SMILES string of the molecule is Cc1cc(Cl)c(COc2cccc3c(-c4ncnn4C)cc(C)nc23)c([C@H](CO)NC(=O)c2cnco2)c1. The molecule has 11 heteroatoms. The highest BCUT2D eigenvalue weighted by Crippen LogP contribution is 2.34. The number of nitrogens with zero attached hydrogens (tertiary/aromatic N) is 5. The van der Waals surface area contributed by atoms with Gasteiger partial charge >= 0.3 is 0 Å². The van der Waals surface area contributed by atoms with Crippen molar-refractivity contribution >= 4 is 28.4 Å². The summed E-state index contributed by atoms with van der Waals surface area (Å²) >= 11 is 6.66. The maximum Gasteiger partial charge on any atom is 0.289 e. The number of carbonyl (C=O) groups excluding carboxylic acids is 1. The minimum absolute atomic E-state index is 0.0379. The van der Waals surface area contributed by atoms with Crippen LogP contribution in [0.4, 0.5) is 0 Å². The second-order valence-corrected chi connectivity index (χ2v) is 9.26. The highest BCUT2D eigenvalue weighted by Gasteiger charge is 2.22. The zero-order valence-corrected chi connectivity index (χ0v) is 21.7. The molecule has 0 fully saturated rings. The van der Waals surface area contributed by atoms with Gasteiger partial charge in [0.05, 0.1) is 18.8 Å². The predicted molar refractivity (Wildman–Crippen MR) is 141 cm³/mol. The lowest BCUT2D eigenvalue weighted by Crippen LogP contribution is -2.31. The number of oxazole rings is 1. The maximum atomic E-state index is 12.6. The Morgan fingerprint density at radius 1 is 1.26 bits per heavy atom. The van der Waals surface area contributed by atoms with Crippen LogP contribution in [0.3, 0.4) is 0 Å². The van der Waals surface area contributed by atoms with Gasteiger partial charge in [-0.05, 0) is 43.2 Å². The molecule has 0 bridgehead atoms. The van der Waals surface area contributed by atoms with Gasteiger partial charge in [-0.2, -0.15) is 5.10 Å². The van der Waals surface area contributed by atoms with Crippen LogP contribution in [0, 0.1) is 13.8 Å². The van der Waals surface area contributed by atoms with Gasteiger partial charge in [0.15, 0.2) is 12.2 Å². The van der Waals surface area contributed by atoms with Gasteiger partial charge in [-0.25, -0.2) is 19.6 Å². The number of aliphatic hydroxyl groups is 1. The van der Waals surface area contributed by atoms with Crippen LogP contribution in [0.1, 0.15) is 39.0 Å². The molecule has 0 spiro atoms. The number of hydrogen-bond donors (Lipinski definition) is 2. The number of rotatable bonds is 8. The summed E-state index contributed by atoms with van der Waals surface area (Å²) in [6, 6.07) is 10.6. The smallest absolute Gasteiger partial charge is 0.289 e. The standard InChI is InChI=1S/C27H25ClN6O4/c1-15-7-18(22(11-35)33-27(36)24-10-29-14-38-24)20(21(28)8-15)12-37-23-6-4-5-17-19(9-16(2)32-25(17)23)26-30-13-31-34(26)3/h4-10,13-14,22,35H,11-12H2,1-3H3,(H,33,36)/t22-/m0/s1. The van der Waals surface area contributed by atoms with E-state index < -0.39 is 11.9 Å². The highest BCUT2D eigenvalue weighted by atomic mass is 35.5. The second-order valence-electron chi connectivity index (χ2n) is 8.85. The van der Waals surface area contributed by atoms with E-state index in [0.717, 1.165) is 28.0 Å². The molecule has 194 valence electrons. The number of carbonyl (C=O) groups is 1. The minimum atomic E-state index is -0.751. The number of pyridine rings is 1. The first-order chi connectivity index (χ1) is 18.4. The fourth-order valence-electron chi connectivity index (χ4n) is 4.38. The van der Waals surface area contributed by atoms with Crippen molar-refractivity contribution in [1.29, 1.82) is 0 Å². The first-order valence-electron chi connectivity index (χ1n) is 11.8. The Labute approximate surface area is 223 Å². The molecule has 3 aromatic heterocycles. The molecule has 3 heterocycles. The Balaban J connectivity index is 1.49. The third-order valence-corrected chi connectivity index (χ3v) is 6.49. The summed E-state index contributed by atoms with van der Waals surface area (Å²) in [6.45, 7) is 3.52. The average molecular weight is 533 g/mol. The fourth-order valence-corrected chi connectivity index (χ4v) is 4.72. The van der Waals surface area contributed by atoms with E-state index in [4.69, 9.17) is 25.7 Å². The van der Waals surface area contributed by atoms with E-state index in [1.165, 1.54) is 18.9 Å². The van der Waals surface area contributed by atoms with Crippen molar-refractivity contribution in [2.75, 3.05) is 6.61 Å². The quantitative estimate of drug-likeness (QED) is 0.302. The molecule has 1 amide bonds. The van der Waals surface area contributed by atoms with Crippen molar-refractivity contribution in [3.63, 3.8) is 0 Å². The van der Waals surface area contributed by atoms with Crippen molar-refractivity contribution in [2.24, 2.45) is 7.05 Å². The van der Waals surface area contributed by atoms with Gasteiger partial charge in [-0.15, -0.1) is 0 Å². The summed E-state index contributed by atoms with van der Waals surface area (Å²) in [5, 5.41) is 18.5. The van der Waals surface area contributed by atoms with Crippen molar-refractivity contribution in [3.05, 3.63) is 88.5 Å². The summed E-state index contributed by atoms with van der Waals surface area (Å²) in [7, 11) is 1.84. The number of benzene rings is 2. The van der Waals surface area contributed by atoms with Crippen molar-refractivity contribution in [3.8, 4) is 17.1 Å². The van der Waals surface area contributed by atoms with E-state index in [2.05, 4.69) is 20.4 Å². The van der Waals surface area contributed by atoms with Crippen LogP contribution in [0.15, 0.2) is 59.7 Å². The van der Waals surface area contributed by atoms with E-state index in [0.29, 0.717) is 27.4 Å². The van der Waals surface area contributed by atoms with Crippen LogP contribution < -0.4 is 10.1 Å². The van der Waals surface area contributed by atoms with Crippen LogP contribution in [-0.4, -0.2) is 42.4 Å². The zero-order valence-electron chi connectivity index (χ0n) is 21.0. The topological polar surface area (TPSA) is 128 Å². The van der Waals surface area contributed by atoms with E-state index in [1.807, 2.05) is 57.3 Å². The zero-order chi connectivity index (χ0) is 26.8. The highest BCUT2D eigenvalue weighted by molar-refractivity contribution is 6.31. The molecular weight excluding hydrogens is 508 g/mol. The number of fused-ring (bicyclic) bond motifs is 1. The Morgan fingerprint density at radius 2 is 2.11 bits per heavy atom. The number of nitrogens with one attached hydrogen (secondary N) is 1. The van der Waals surface area contributed by atoms with Crippen LogP contribution in [-0.2, 0) is 13.7 Å². The number of aliphatic hydroxyl groups excluding tert-OH is 1. The van der Waals surface area contributed by atoms with Gasteiger partial charge in [0.1, 0.15) is 24.2 Å². The Morgan fingerprint density at radius 3 is 2.82 bits per heavy atom. The van der Waals surface area contributed by atoms with Gasteiger partial charge in [0.2, 0.25) is 5.76 Å². The van der Waals surface area contributed by atoms with Gasteiger partial charge in [0.25, 0.3) is 5.91 Å². The number of para-hydroxylation sites is 1. The number of halogens is 1. The average Bonchev–Trinajstić information content (AvgIpc) is 3.58. The van der Waals surface area contributed by atoms with Crippen molar-refractivity contribution in [1.82, 2.24) is 30.0 Å². The summed E-state index contributed by atoms with van der Waals surface area (Å²) in [5.41, 5.74) is 4.50. The molecule has 0 unspecified atom stereocenters. The van der Waals surface area contributed by atoms with Gasteiger partial charge in [-0.1, -0.05) is 29.8 Å². The van der Waals surface area contributed by atoms with Crippen molar-refractivity contribution < 1.29 is 19.1 Å². The first-order valence-corrected chi connectivity index (χ1v) is 12.2. The Hall–Kier alpha value is -4.28. The van der Waals surface area contributed by atoms with E-state index in [1.54, 1.807) is 4.68 Å². The summed E-state index contributed by atoms with van der Waals surface area (Å²) < 4.78 is 13.1. The first kappa shape index (κ1) is 25.4. The molecule has 2 N–H and O–H groups in total. The molecule has 2 aromatic carbocycles. The largest absolute Gasteiger partial charge is 0.487 e. The lowest BCUT2D eigenvalue weighted by atomic mass is 9.98. The normalized spacial score (nSPS) is 12.0. The third kappa shape index (κ3) is 4.96. The molecule has 5 rings (SSSR count). The van der Waals surface area contributed by atoms with Crippen LogP contribution >= 0.6 is 11.6 Å². The molecule has 10 nitrogen and oxygen atoms in total. The maximum absolute atomic E-state index is 12.6. The monoisotopic (exact) mass is 532 g/mol. The molecular formula is C27H25ClN6O4. The Bertz CT molecular complexity index is 1620. The van der Waals surface area contributed by atoms with Gasteiger partial charge in [-0.3, -0.25) is 4.79 Å². The Kier molecular flexibility index (Phi) is 7.08. The summed E-state index contributed by atoms with van der Waals surface area (Å²) in [6.07, 6.45) is 3.99. The molecule has 0 saturated heterocycles. The summed E-state index contributed by atoms with van der Waals surface area (Å²) in [4.78, 5) is 25.5. The number of aryl methyl sites for hydroxylation is 3. The van der Waals surface area contributed by atoms with Crippen LogP contribution in [0.25, 0.3) is 22.3 Å². The number of amides is 1.